The quantitative estimate of drug-likeness (QED) is 0.502. The van der Waals surface area contributed by atoms with Gasteiger partial charge in [-0.3, -0.25) is 4.79 Å². The number of ether oxygens (including phenoxy) is 2. The van der Waals surface area contributed by atoms with Gasteiger partial charge in [-0.1, -0.05) is 33.4 Å². The lowest BCUT2D eigenvalue weighted by molar-refractivity contribution is 0.0498. The zero-order valence-corrected chi connectivity index (χ0v) is 10.8. The minimum absolute atomic E-state index is 0.328. The van der Waals surface area contributed by atoms with Gasteiger partial charge in [-0.2, -0.15) is 0 Å². The molecule has 0 aliphatic rings. The highest BCUT2D eigenvalue weighted by molar-refractivity contribution is 7.96. The van der Waals surface area contributed by atoms with Gasteiger partial charge in [-0.15, -0.1) is 0 Å². The molecule has 5 heteroatoms. The summed E-state index contributed by atoms with van der Waals surface area (Å²) in [4.78, 5) is 10.3. The van der Waals surface area contributed by atoms with Crippen molar-refractivity contribution in [1.29, 1.82) is 0 Å². The summed E-state index contributed by atoms with van der Waals surface area (Å²) in [5.41, 5.74) is 0. The Morgan fingerprint density at radius 2 is 1.67 bits per heavy atom. The molecule has 0 atom stereocenters. The molecule has 1 amide bonds. The van der Waals surface area contributed by atoms with Crippen LogP contribution >= 0.6 is 12.6 Å². The highest BCUT2D eigenvalue weighted by Gasteiger charge is 1.91. The van der Waals surface area contributed by atoms with Gasteiger partial charge in [-0.25, -0.2) is 0 Å². The molecule has 4 nitrogen and oxygen atoms in total. The molecule has 15 heavy (non-hydrogen) atoms. The lowest BCUT2D eigenvalue weighted by Gasteiger charge is -2.04. The van der Waals surface area contributed by atoms with E-state index in [9.17, 15) is 4.79 Å². The van der Waals surface area contributed by atoms with Crippen molar-refractivity contribution in [2.75, 3.05) is 33.0 Å². The van der Waals surface area contributed by atoms with Gasteiger partial charge >= 0.3 is 0 Å². The maximum Gasteiger partial charge on any atom is 0.276 e. The zero-order valence-electron chi connectivity index (χ0n) is 9.91. The van der Waals surface area contributed by atoms with Gasteiger partial charge in [0.25, 0.3) is 5.24 Å². The Balaban J connectivity index is 0. The smallest absolute Gasteiger partial charge is 0.276 e. The van der Waals surface area contributed by atoms with Crippen molar-refractivity contribution < 1.29 is 14.3 Å². The number of carbonyl (C=O) groups excluding carboxylic acids is 1. The summed E-state index contributed by atoms with van der Waals surface area (Å²) in [6.45, 7) is 9.02. The Bertz CT molecular complexity index is 134. The average Bonchev–Trinajstić information content (AvgIpc) is 2.24. The number of nitrogens with one attached hydrogen (secondary N) is 1. The van der Waals surface area contributed by atoms with Crippen molar-refractivity contribution in [2.45, 2.75) is 27.2 Å². The second-order valence-electron chi connectivity index (χ2n) is 2.46. The van der Waals surface area contributed by atoms with Crippen LogP contribution in [0.5, 0.6) is 0 Å². The summed E-state index contributed by atoms with van der Waals surface area (Å²) in [5.74, 6) is 0. The molecule has 0 bridgehead atoms. The lowest BCUT2D eigenvalue weighted by Crippen LogP contribution is -2.22. The fraction of sp³-hybridized carbons (Fsp3) is 0.900. The second-order valence-corrected chi connectivity index (χ2v) is 2.86. The van der Waals surface area contributed by atoms with Gasteiger partial charge in [0, 0.05) is 13.2 Å². The minimum Gasteiger partial charge on any atom is -0.379 e. The molecule has 0 radical (unpaired) electrons. The van der Waals surface area contributed by atoms with Gasteiger partial charge in [0.15, 0.2) is 0 Å². The molecule has 0 aliphatic carbocycles. The van der Waals surface area contributed by atoms with E-state index in [4.69, 9.17) is 9.47 Å². The van der Waals surface area contributed by atoms with Crippen LogP contribution in [-0.2, 0) is 9.47 Å². The summed E-state index contributed by atoms with van der Waals surface area (Å²) in [6.07, 6.45) is 1.02. The highest BCUT2D eigenvalue weighted by Crippen LogP contribution is 1.82. The normalized spacial score (nSPS) is 9.07. The Hall–Kier alpha value is -0.260. The largest absolute Gasteiger partial charge is 0.379 e. The van der Waals surface area contributed by atoms with Gasteiger partial charge in [0.1, 0.15) is 0 Å². The third-order valence-electron chi connectivity index (χ3n) is 1.24. The van der Waals surface area contributed by atoms with E-state index in [1.165, 1.54) is 0 Å². The molecule has 0 saturated carbocycles. The van der Waals surface area contributed by atoms with Crippen LogP contribution in [0, 0.1) is 0 Å². The molecular formula is C10H23NO3S. The molecule has 92 valence electrons. The summed E-state index contributed by atoms with van der Waals surface area (Å²) in [6, 6.07) is 0. The lowest BCUT2D eigenvalue weighted by atomic mass is 10.5. The molecule has 0 rings (SSSR count). The molecule has 1 N–H and O–H groups in total. The van der Waals surface area contributed by atoms with E-state index in [0.29, 0.717) is 26.4 Å². The molecule has 0 spiro atoms. The molecule has 0 aromatic carbocycles. The number of hydrogen-bond donors (Lipinski definition) is 2. The van der Waals surface area contributed by atoms with Crippen molar-refractivity contribution in [3.63, 3.8) is 0 Å². The summed E-state index contributed by atoms with van der Waals surface area (Å²) >= 11 is 3.54. The minimum atomic E-state index is -0.328. The van der Waals surface area contributed by atoms with Crippen LogP contribution in [0.4, 0.5) is 4.79 Å². The molecule has 0 unspecified atom stereocenters. The first-order valence-electron chi connectivity index (χ1n) is 5.39. The van der Waals surface area contributed by atoms with E-state index in [-0.39, 0.29) is 5.24 Å². The van der Waals surface area contributed by atoms with Crippen LogP contribution in [0.15, 0.2) is 0 Å². The van der Waals surface area contributed by atoms with Crippen molar-refractivity contribution in [2.24, 2.45) is 0 Å². The summed E-state index contributed by atoms with van der Waals surface area (Å²) in [5, 5.41) is 2.18. The maximum atomic E-state index is 10.3. The van der Waals surface area contributed by atoms with Crippen LogP contribution in [0.2, 0.25) is 0 Å². The topological polar surface area (TPSA) is 47.6 Å². The molecule has 0 fully saturated rings. The zero-order chi connectivity index (χ0) is 11.9. The molecule has 0 aromatic heterocycles. The maximum absolute atomic E-state index is 10.3. The fourth-order valence-electron chi connectivity index (χ4n) is 0.696. The Kier molecular flexibility index (Phi) is 18.5. The standard InChI is InChI=1S/C8H17NO3S.C2H6/c1-2-4-11-6-7-12-5-3-9-8(10)13;1-2/h2-7H2,1H3,(H2,9,10,13);1-2H3. The van der Waals surface area contributed by atoms with Gasteiger partial charge < -0.3 is 14.8 Å². The van der Waals surface area contributed by atoms with Gasteiger partial charge in [0.2, 0.25) is 0 Å². The predicted octanol–water partition coefficient (Wildman–Crippen LogP) is 2.10. The Morgan fingerprint density at radius 1 is 1.13 bits per heavy atom. The molecule has 0 heterocycles. The molecule has 0 aliphatic heterocycles. The average molecular weight is 237 g/mol. The van der Waals surface area contributed by atoms with Crippen LogP contribution < -0.4 is 5.32 Å². The van der Waals surface area contributed by atoms with E-state index in [0.717, 1.165) is 13.0 Å². The van der Waals surface area contributed by atoms with Crippen molar-refractivity contribution in [3.05, 3.63) is 0 Å². The van der Waals surface area contributed by atoms with Crippen LogP contribution in [-0.4, -0.2) is 38.2 Å². The number of thiol groups is 1. The number of rotatable bonds is 8. The van der Waals surface area contributed by atoms with E-state index in [2.05, 4.69) is 24.9 Å². The van der Waals surface area contributed by atoms with E-state index in [1.807, 2.05) is 13.8 Å². The Morgan fingerprint density at radius 3 is 2.13 bits per heavy atom. The van der Waals surface area contributed by atoms with Crippen LogP contribution in [0.1, 0.15) is 27.2 Å². The monoisotopic (exact) mass is 237 g/mol. The molecule has 0 aromatic rings. The highest BCUT2D eigenvalue weighted by atomic mass is 32.1. The number of carbonyl (C=O) groups is 1. The van der Waals surface area contributed by atoms with Crippen molar-refractivity contribution in [1.82, 2.24) is 5.32 Å². The van der Waals surface area contributed by atoms with E-state index in [1.54, 1.807) is 0 Å². The van der Waals surface area contributed by atoms with E-state index < -0.39 is 0 Å². The third-order valence-corrected chi connectivity index (χ3v) is 1.40. The second kappa shape index (κ2) is 16.2. The van der Waals surface area contributed by atoms with Crippen LogP contribution in [0.3, 0.4) is 0 Å². The first-order valence-corrected chi connectivity index (χ1v) is 5.84. The van der Waals surface area contributed by atoms with Crippen molar-refractivity contribution >= 4 is 17.9 Å². The van der Waals surface area contributed by atoms with E-state index >= 15 is 0 Å². The molecular weight excluding hydrogens is 214 g/mol. The third kappa shape index (κ3) is 20.0. The van der Waals surface area contributed by atoms with Crippen LogP contribution in [0.25, 0.3) is 0 Å². The summed E-state index contributed by atoms with van der Waals surface area (Å²) < 4.78 is 10.3. The predicted molar refractivity (Wildman–Crippen MR) is 65.7 cm³/mol. The number of hydrogen-bond acceptors (Lipinski definition) is 3. The molecule has 0 saturated heterocycles. The first-order chi connectivity index (χ1) is 7.27. The summed E-state index contributed by atoms with van der Waals surface area (Å²) in [7, 11) is 0. The number of amides is 1. The van der Waals surface area contributed by atoms with Gasteiger partial charge in [0.05, 0.1) is 19.8 Å². The Labute approximate surface area is 98.1 Å². The first kappa shape index (κ1) is 17.1. The SMILES string of the molecule is CC.CCCOCCOCCNC(=O)S. The van der Waals surface area contributed by atoms with Crippen molar-refractivity contribution in [3.8, 4) is 0 Å². The van der Waals surface area contributed by atoms with Gasteiger partial charge in [-0.05, 0) is 6.42 Å². The fourth-order valence-corrected chi connectivity index (χ4v) is 0.808.